The van der Waals surface area contributed by atoms with Gasteiger partial charge in [0.1, 0.15) is 10.7 Å². The number of hydrogen-bond donors (Lipinski definition) is 2. The maximum Gasteiger partial charge on any atom is 0.335 e. The van der Waals surface area contributed by atoms with Gasteiger partial charge in [0.25, 0.3) is 10.0 Å². The lowest BCUT2D eigenvalue weighted by atomic mass is 10.4. The summed E-state index contributed by atoms with van der Waals surface area (Å²) < 4.78 is 61.4. The Morgan fingerprint density at radius 2 is 1.69 bits per heavy atom. The Bertz CT molecular complexity index is 1100. The van der Waals surface area contributed by atoms with Gasteiger partial charge >= 0.3 is 12.0 Å². The predicted octanol–water partition coefficient (Wildman–Crippen LogP) is 0.119. The van der Waals surface area contributed by atoms with Crippen LogP contribution in [0, 0.1) is 6.92 Å². The summed E-state index contributed by atoms with van der Waals surface area (Å²) in [7, 11) is -5.87. The number of hydrogen-bond acceptors (Lipinski definition) is 10. The van der Waals surface area contributed by atoms with Gasteiger partial charge < -0.3 is 9.47 Å². The van der Waals surface area contributed by atoms with Crippen LogP contribution in [0.1, 0.15) is 5.82 Å². The second-order valence-electron chi connectivity index (χ2n) is 5.51. The van der Waals surface area contributed by atoms with Gasteiger partial charge in [-0.2, -0.15) is 15.0 Å². The number of benzene rings is 1. The molecule has 2 rings (SSSR count). The molecule has 0 radical (unpaired) electrons. The van der Waals surface area contributed by atoms with E-state index in [4.69, 9.17) is 9.47 Å². The number of amides is 2. The van der Waals surface area contributed by atoms with E-state index in [9.17, 15) is 21.6 Å². The Balaban J connectivity index is 2.28. The van der Waals surface area contributed by atoms with Crippen molar-refractivity contribution >= 4 is 31.8 Å². The van der Waals surface area contributed by atoms with Gasteiger partial charge in [-0.1, -0.05) is 12.1 Å². The van der Waals surface area contributed by atoms with Crippen molar-refractivity contribution in [3.05, 3.63) is 30.1 Å². The summed E-state index contributed by atoms with van der Waals surface area (Å²) in [6.45, 7) is 1.40. The molecule has 0 bridgehead atoms. The molecule has 0 atom stereocenters. The van der Waals surface area contributed by atoms with Crippen LogP contribution < -0.4 is 14.8 Å². The molecule has 29 heavy (non-hydrogen) atoms. The largest absolute Gasteiger partial charge is 0.467 e. The summed E-state index contributed by atoms with van der Waals surface area (Å²) in [5, 5.41) is 2.13. The second kappa shape index (κ2) is 9.11. The van der Waals surface area contributed by atoms with Crippen LogP contribution >= 0.6 is 0 Å². The number of sulfone groups is 1. The number of aromatic nitrogens is 3. The fraction of sp³-hybridized carbons (Fsp3) is 0.333. The third kappa shape index (κ3) is 5.82. The SMILES string of the molecule is COCCS(=O)(=O)c1ccccc1S(=O)(=O)NC(=O)Nc1nc(C)nc(OC)n1. The van der Waals surface area contributed by atoms with Crippen molar-refractivity contribution in [1.82, 2.24) is 19.7 Å². The minimum absolute atomic E-state index is 0.0785. The minimum atomic E-state index is -4.53. The average molecular weight is 445 g/mol. The zero-order valence-corrected chi connectivity index (χ0v) is 17.4. The normalized spacial score (nSPS) is 11.7. The van der Waals surface area contributed by atoms with Gasteiger partial charge in [-0.05, 0) is 19.1 Å². The van der Waals surface area contributed by atoms with Crippen LogP contribution in [0.4, 0.5) is 10.7 Å². The van der Waals surface area contributed by atoms with Crippen LogP contribution in [0.3, 0.4) is 0 Å². The summed E-state index contributed by atoms with van der Waals surface area (Å²) in [5.74, 6) is -0.445. The molecular weight excluding hydrogens is 426 g/mol. The van der Waals surface area contributed by atoms with E-state index in [0.29, 0.717) is 0 Å². The standard InChI is InChI=1S/C15H19N5O7S2/c1-10-16-13(19-15(17-10)27-3)18-14(21)20-29(24,25)12-7-5-4-6-11(12)28(22,23)9-8-26-2/h4-7H,8-9H2,1-3H3,(H2,16,17,18,19,20,21). The molecule has 0 unspecified atom stereocenters. The van der Waals surface area contributed by atoms with E-state index in [1.165, 1.54) is 33.3 Å². The van der Waals surface area contributed by atoms with E-state index in [0.717, 1.165) is 12.1 Å². The van der Waals surface area contributed by atoms with Gasteiger partial charge in [-0.25, -0.2) is 26.4 Å². The molecule has 14 heteroatoms. The molecule has 2 aromatic rings. The molecule has 12 nitrogen and oxygen atoms in total. The summed E-state index contributed by atoms with van der Waals surface area (Å²) in [4.78, 5) is 22.5. The smallest absolute Gasteiger partial charge is 0.335 e. The highest BCUT2D eigenvalue weighted by Gasteiger charge is 2.27. The van der Waals surface area contributed by atoms with Crippen molar-refractivity contribution in [1.29, 1.82) is 0 Å². The van der Waals surface area contributed by atoms with Crippen molar-refractivity contribution in [3.8, 4) is 6.01 Å². The number of carbonyl (C=O) groups is 1. The molecule has 0 aliphatic carbocycles. The number of nitrogens with zero attached hydrogens (tertiary/aromatic N) is 3. The van der Waals surface area contributed by atoms with E-state index >= 15 is 0 Å². The third-order valence-electron chi connectivity index (χ3n) is 3.39. The van der Waals surface area contributed by atoms with Crippen molar-refractivity contribution in [2.75, 3.05) is 31.9 Å². The number of urea groups is 1. The molecule has 1 aromatic heterocycles. The predicted molar refractivity (Wildman–Crippen MR) is 101 cm³/mol. The van der Waals surface area contributed by atoms with Gasteiger partial charge in [-0.15, -0.1) is 0 Å². The molecule has 1 aromatic carbocycles. The number of rotatable bonds is 8. The number of anilines is 1. The second-order valence-corrected chi connectivity index (χ2v) is 9.24. The zero-order valence-electron chi connectivity index (χ0n) is 15.7. The van der Waals surface area contributed by atoms with Crippen LogP contribution in [-0.2, 0) is 24.6 Å². The van der Waals surface area contributed by atoms with Crippen molar-refractivity contribution in [3.63, 3.8) is 0 Å². The molecule has 0 spiro atoms. The lowest BCUT2D eigenvalue weighted by Gasteiger charge is -2.12. The van der Waals surface area contributed by atoms with Crippen molar-refractivity contribution in [2.45, 2.75) is 16.7 Å². The van der Waals surface area contributed by atoms with Gasteiger partial charge in [0.05, 0.1) is 24.4 Å². The maximum atomic E-state index is 12.6. The highest BCUT2D eigenvalue weighted by atomic mass is 32.2. The van der Waals surface area contributed by atoms with Crippen molar-refractivity contribution < 1.29 is 31.1 Å². The van der Waals surface area contributed by atoms with E-state index in [1.807, 2.05) is 0 Å². The third-order valence-corrected chi connectivity index (χ3v) is 6.64. The lowest BCUT2D eigenvalue weighted by Crippen LogP contribution is -2.35. The number of ether oxygens (including phenoxy) is 2. The summed E-state index contributed by atoms with van der Waals surface area (Å²) in [6.07, 6.45) is 0. The van der Waals surface area contributed by atoms with Crippen molar-refractivity contribution in [2.24, 2.45) is 0 Å². The summed E-state index contributed by atoms with van der Waals surface area (Å²) in [6, 6.07) is 3.65. The first-order chi connectivity index (χ1) is 13.6. The van der Waals surface area contributed by atoms with Crippen LogP contribution in [0.5, 0.6) is 6.01 Å². The number of aryl methyl sites for hydroxylation is 1. The van der Waals surface area contributed by atoms with Crippen LogP contribution in [0.15, 0.2) is 34.1 Å². The zero-order chi connectivity index (χ0) is 21.7. The quantitative estimate of drug-likeness (QED) is 0.569. The molecular formula is C15H19N5O7S2. The summed E-state index contributed by atoms with van der Waals surface area (Å²) in [5.41, 5.74) is 0. The average Bonchev–Trinajstić information content (AvgIpc) is 2.65. The van der Waals surface area contributed by atoms with E-state index < -0.39 is 41.4 Å². The highest BCUT2D eigenvalue weighted by Crippen LogP contribution is 2.22. The van der Waals surface area contributed by atoms with E-state index in [1.54, 1.807) is 4.72 Å². The monoisotopic (exact) mass is 445 g/mol. The van der Waals surface area contributed by atoms with Crippen LogP contribution in [0.25, 0.3) is 0 Å². The Morgan fingerprint density at radius 3 is 2.31 bits per heavy atom. The van der Waals surface area contributed by atoms with Crippen LogP contribution in [-0.4, -0.2) is 64.4 Å². The number of methoxy groups -OCH3 is 2. The minimum Gasteiger partial charge on any atom is -0.467 e. The summed E-state index contributed by atoms with van der Waals surface area (Å²) >= 11 is 0. The topological polar surface area (TPSA) is 167 Å². The molecule has 0 aliphatic heterocycles. The first-order valence-corrected chi connectivity index (χ1v) is 11.1. The maximum absolute atomic E-state index is 12.6. The van der Waals surface area contributed by atoms with Gasteiger partial charge in [0.2, 0.25) is 5.95 Å². The Hall–Kier alpha value is -2.84. The fourth-order valence-corrected chi connectivity index (χ4v) is 5.11. The first-order valence-electron chi connectivity index (χ1n) is 8.00. The molecule has 2 amide bonds. The number of carbonyl (C=O) groups excluding carboxylic acids is 1. The highest BCUT2D eigenvalue weighted by molar-refractivity contribution is 7.94. The van der Waals surface area contributed by atoms with Crippen LogP contribution in [0.2, 0.25) is 0 Å². The van der Waals surface area contributed by atoms with Gasteiger partial charge in [-0.3, -0.25) is 5.32 Å². The molecule has 2 N–H and O–H groups in total. The number of nitrogens with one attached hydrogen (secondary N) is 2. The Kier molecular flexibility index (Phi) is 7.05. The molecule has 0 fully saturated rings. The molecule has 158 valence electrons. The molecule has 0 saturated heterocycles. The lowest BCUT2D eigenvalue weighted by molar-refractivity contribution is 0.217. The van der Waals surface area contributed by atoms with Gasteiger partial charge in [0, 0.05) is 7.11 Å². The molecule has 0 aliphatic rings. The van der Waals surface area contributed by atoms with Gasteiger partial charge in [0.15, 0.2) is 9.84 Å². The Labute approximate surface area is 167 Å². The molecule has 1 heterocycles. The van der Waals surface area contributed by atoms with E-state index in [2.05, 4.69) is 20.3 Å². The Morgan fingerprint density at radius 1 is 1.03 bits per heavy atom. The number of sulfonamides is 1. The first kappa shape index (κ1) is 22.4. The molecule has 0 saturated carbocycles. The van der Waals surface area contributed by atoms with E-state index in [-0.39, 0.29) is 24.4 Å². The fourth-order valence-electron chi connectivity index (χ4n) is 2.14.